The van der Waals surface area contributed by atoms with Crippen molar-refractivity contribution in [1.82, 2.24) is 5.32 Å². The van der Waals surface area contributed by atoms with Crippen molar-refractivity contribution in [2.75, 3.05) is 13.7 Å². The van der Waals surface area contributed by atoms with Gasteiger partial charge in [0.2, 0.25) is 0 Å². The lowest BCUT2D eigenvalue weighted by Gasteiger charge is -2.14. The molecule has 3 heteroatoms. The first-order valence-corrected chi connectivity index (χ1v) is 5.65. The van der Waals surface area contributed by atoms with E-state index in [1.54, 1.807) is 7.05 Å². The number of likely N-dealkylation sites (N-methyl/N-ethyl adjacent to an activating group) is 1. The molecule has 1 aromatic rings. The molecule has 1 atom stereocenters. The highest BCUT2D eigenvalue weighted by molar-refractivity contribution is 5.76. The Morgan fingerprint density at radius 1 is 1.38 bits per heavy atom. The SMILES string of the molecule is CCCOC(=O)[C@H](Cc1ccccc1)NC. The second-order valence-corrected chi connectivity index (χ2v) is 3.70. The maximum Gasteiger partial charge on any atom is 0.323 e. The molecule has 0 aliphatic heterocycles. The van der Waals surface area contributed by atoms with Crippen LogP contribution in [0.15, 0.2) is 30.3 Å². The standard InChI is InChI=1S/C13H19NO2/c1-3-9-16-13(15)12(14-2)10-11-7-5-4-6-8-11/h4-8,12,14H,3,9-10H2,1-2H3/t12-/m0/s1. The van der Waals surface area contributed by atoms with E-state index in [2.05, 4.69) is 5.32 Å². The van der Waals surface area contributed by atoms with E-state index in [0.717, 1.165) is 12.0 Å². The zero-order valence-electron chi connectivity index (χ0n) is 9.90. The van der Waals surface area contributed by atoms with Gasteiger partial charge in [0.15, 0.2) is 0 Å². The van der Waals surface area contributed by atoms with E-state index in [0.29, 0.717) is 13.0 Å². The number of hydrogen-bond acceptors (Lipinski definition) is 3. The highest BCUT2D eigenvalue weighted by atomic mass is 16.5. The van der Waals surface area contributed by atoms with E-state index in [4.69, 9.17) is 4.74 Å². The minimum Gasteiger partial charge on any atom is -0.465 e. The van der Waals surface area contributed by atoms with Crippen LogP contribution in [0.25, 0.3) is 0 Å². The Bertz CT molecular complexity index is 311. The first kappa shape index (κ1) is 12.7. The Labute approximate surface area is 96.8 Å². The zero-order valence-corrected chi connectivity index (χ0v) is 9.90. The molecule has 0 radical (unpaired) electrons. The highest BCUT2D eigenvalue weighted by Gasteiger charge is 2.17. The van der Waals surface area contributed by atoms with Gasteiger partial charge in [0.05, 0.1) is 6.61 Å². The predicted octanol–water partition coefficient (Wildman–Crippen LogP) is 1.77. The van der Waals surface area contributed by atoms with E-state index in [9.17, 15) is 4.79 Å². The third kappa shape index (κ3) is 4.03. The van der Waals surface area contributed by atoms with E-state index in [1.165, 1.54) is 0 Å². The Balaban J connectivity index is 2.52. The van der Waals surface area contributed by atoms with Crippen molar-refractivity contribution < 1.29 is 9.53 Å². The van der Waals surface area contributed by atoms with Crippen molar-refractivity contribution in [3.63, 3.8) is 0 Å². The number of hydrogen-bond donors (Lipinski definition) is 1. The molecule has 1 N–H and O–H groups in total. The molecule has 1 rings (SSSR count). The van der Waals surface area contributed by atoms with Crippen LogP contribution in [0.3, 0.4) is 0 Å². The Hall–Kier alpha value is -1.35. The summed E-state index contributed by atoms with van der Waals surface area (Å²) in [4.78, 5) is 11.7. The summed E-state index contributed by atoms with van der Waals surface area (Å²) in [6, 6.07) is 9.68. The lowest BCUT2D eigenvalue weighted by atomic mass is 10.1. The first-order chi connectivity index (χ1) is 7.77. The van der Waals surface area contributed by atoms with Gasteiger partial charge in [-0.15, -0.1) is 0 Å². The smallest absolute Gasteiger partial charge is 0.323 e. The van der Waals surface area contributed by atoms with Crippen LogP contribution in [0, 0.1) is 0 Å². The van der Waals surface area contributed by atoms with Gasteiger partial charge in [-0.1, -0.05) is 37.3 Å². The van der Waals surface area contributed by atoms with E-state index in [-0.39, 0.29) is 12.0 Å². The molecule has 1 aromatic carbocycles. The van der Waals surface area contributed by atoms with Crippen LogP contribution in [0.4, 0.5) is 0 Å². The second kappa shape index (κ2) is 7.01. The quantitative estimate of drug-likeness (QED) is 0.744. The molecule has 0 amide bonds. The number of rotatable bonds is 6. The zero-order chi connectivity index (χ0) is 11.8. The van der Waals surface area contributed by atoms with Gasteiger partial charge in [-0.05, 0) is 25.5 Å². The monoisotopic (exact) mass is 221 g/mol. The molecule has 0 aliphatic carbocycles. The van der Waals surface area contributed by atoms with Gasteiger partial charge in [-0.3, -0.25) is 4.79 Å². The van der Waals surface area contributed by atoms with Crippen LogP contribution < -0.4 is 5.32 Å². The summed E-state index contributed by atoms with van der Waals surface area (Å²) >= 11 is 0. The van der Waals surface area contributed by atoms with Crippen LogP contribution in [0.2, 0.25) is 0 Å². The summed E-state index contributed by atoms with van der Waals surface area (Å²) in [5.74, 6) is -0.173. The first-order valence-electron chi connectivity index (χ1n) is 5.65. The predicted molar refractivity (Wildman–Crippen MR) is 64.2 cm³/mol. The van der Waals surface area contributed by atoms with E-state index in [1.807, 2.05) is 37.3 Å². The van der Waals surface area contributed by atoms with Crippen LogP contribution in [-0.4, -0.2) is 25.7 Å². The van der Waals surface area contributed by atoms with Gasteiger partial charge in [0.25, 0.3) is 0 Å². The van der Waals surface area contributed by atoms with Gasteiger partial charge in [-0.2, -0.15) is 0 Å². The summed E-state index contributed by atoms with van der Waals surface area (Å²) in [5, 5.41) is 2.98. The van der Waals surface area contributed by atoms with Gasteiger partial charge >= 0.3 is 5.97 Å². The summed E-state index contributed by atoms with van der Waals surface area (Å²) < 4.78 is 5.11. The fourth-order valence-corrected chi connectivity index (χ4v) is 1.46. The lowest BCUT2D eigenvalue weighted by molar-refractivity contribution is -0.146. The number of benzene rings is 1. The molecule has 0 saturated carbocycles. The van der Waals surface area contributed by atoms with Gasteiger partial charge in [-0.25, -0.2) is 0 Å². The minimum absolute atomic E-state index is 0.173. The van der Waals surface area contributed by atoms with Crippen LogP contribution >= 0.6 is 0 Å². The van der Waals surface area contributed by atoms with Gasteiger partial charge in [0, 0.05) is 0 Å². The molecule has 16 heavy (non-hydrogen) atoms. The largest absolute Gasteiger partial charge is 0.465 e. The van der Waals surface area contributed by atoms with E-state index < -0.39 is 0 Å². The molecule has 0 aromatic heterocycles. The average molecular weight is 221 g/mol. The topological polar surface area (TPSA) is 38.3 Å². The van der Waals surface area contributed by atoms with Crippen molar-refractivity contribution in [1.29, 1.82) is 0 Å². The van der Waals surface area contributed by atoms with Crippen molar-refractivity contribution in [2.45, 2.75) is 25.8 Å². The number of carbonyl (C=O) groups excluding carboxylic acids is 1. The molecule has 0 bridgehead atoms. The molecule has 0 spiro atoms. The molecule has 0 unspecified atom stereocenters. The molecule has 88 valence electrons. The summed E-state index contributed by atoms with van der Waals surface area (Å²) in [6.45, 7) is 2.48. The van der Waals surface area contributed by atoms with E-state index >= 15 is 0 Å². The van der Waals surface area contributed by atoms with Crippen molar-refractivity contribution in [3.05, 3.63) is 35.9 Å². The van der Waals surface area contributed by atoms with Gasteiger partial charge in [0.1, 0.15) is 6.04 Å². The molecule has 3 nitrogen and oxygen atoms in total. The molecule has 0 fully saturated rings. The average Bonchev–Trinajstić information content (AvgIpc) is 2.34. The lowest BCUT2D eigenvalue weighted by Crippen LogP contribution is -2.37. The summed E-state index contributed by atoms with van der Waals surface area (Å²) in [5.41, 5.74) is 1.13. The summed E-state index contributed by atoms with van der Waals surface area (Å²) in [6.07, 6.45) is 1.52. The number of esters is 1. The van der Waals surface area contributed by atoms with Crippen molar-refractivity contribution >= 4 is 5.97 Å². The molecule has 0 heterocycles. The second-order valence-electron chi connectivity index (χ2n) is 3.70. The molecule has 0 saturated heterocycles. The number of carbonyl (C=O) groups is 1. The number of nitrogens with one attached hydrogen (secondary N) is 1. The minimum atomic E-state index is -0.256. The molecule has 0 aliphatic rings. The fraction of sp³-hybridized carbons (Fsp3) is 0.462. The van der Waals surface area contributed by atoms with Crippen LogP contribution in [-0.2, 0) is 16.0 Å². The molecular formula is C13H19NO2. The normalized spacial score (nSPS) is 12.1. The maximum absolute atomic E-state index is 11.7. The van der Waals surface area contributed by atoms with Crippen molar-refractivity contribution in [3.8, 4) is 0 Å². The Morgan fingerprint density at radius 2 is 2.06 bits per heavy atom. The Kier molecular flexibility index (Phi) is 5.57. The highest BCUT2D eigenvalue weighted by Crippen LogP contribution is 2.04. The van der Waals surface area contributed by atoms with Crippen molar-refractivity contribution in [2.24, 2.45) is 0 Å². The third-order valence-corrected chi connectivity index (χ3v) is 2.36. The van der Waals surface area contributed by atoms with Crippen LogP contribution in [0.1, 0.15) is 18.9 Å². The summed E-state index contributed by atoms with van der Waals surface area (Å²) in [7, 11) is 1.78. The number of ether oxygens (including phenoxy) is 1. The van der Waals surface area contributed by atoms with Gasteiger partial charge < -0.3 is 10.1 Å². The van der Waals surface area contributed by atoms with Crippen LogP contribution in [0.5, 0.6) is 0 Å². The fourth-order valence-electron chi connectivity index (χ4n) is 1.46. The third-order valence-electron chi connectivity index (χ3n) is 2.36. The Morgan fingerprint density at radius 3 is 2.62 bits per heavy atom. The molecular weight excluding hydrogens is 202 g/mol. The maximum atomic E-state index is 11.7.